The van der Waals surface area contributed by atoms with Gasteiger partial charge in [-0.3, -0.25) is 9.59 Å². The Morgan fingerprint density at radius 3 is 2.42 bits per heavy atom. The van der Waals surface area contributed by atoms with Crippen molar-refractivity contribution in [3.8, 4) is 0 Å². The van der Waals surface area contributed by atoms with Gasteiger partial charge in [0, 0.05) is 32.1 Å². The Labute approximate surface area is 139 Å². The number of hydrogen-bond acceptors (Lipinski definition) is 6. The molecule has 1 unspecified atom stereocenters. The third kappa shape index (κ3) is 3.30. The molecule has 1 N–H and O–H groups in total. The van der Waals surface area contributed by atoms with Gasteiger partial charge in [0.05, 0.1) is 5.92 Å². The molecular weight excluding hydrogens is 349 g/mol. The van der Waals surface area contributed by atoms with Gasteiger partial charge >= 0.3 is 12.1 Å². The zero-order valence-corrected chi connectivity index (χ0v) is 13.3. The molecule has 0 aromatic carbocycles. The highest BCUT2D eigenvalue weighted by Gasteiger charge is 2.40. The van der Waals surface area contributed by atoms with E-state index in [4.69, 9.17) is 5.11 Å². The van der Waals surface area contributed by atoms with Crippen LogP contribution in [0.25, 0.3) is 0 Å². The zero-order valence-electron chi connectivity index (χ0n) is 12.5. The molecule has 3 heterocycles. The Hall–Kier alpha value is -1.91. The van der Waals surface area contributed by atoms with E-state index in [1.165, 1.54) is 0 Å². The number of likely N-dealkylation sites (tertiary alicyclic amines) is 1. The van der Waals surface area contributed by atoms with Gasteiger partial charge in [0.15, 0.2) is 0 Å². The molecule has 0 spiro atoms. The summed E-state index contributed by atoms with van der Waals surface area (Å²) in [6.07, 6.45) is -3.35. The van der Waals surface area contributed by atoms with E-state index in [-0.39, 0.29) is 30.0 Å². The Balaban J connectivity index is 1.59. The van der Waals surface area contributed by atoms with Crippen LogP contribution in [0.5, 0.6) is 0 Å². The van der Waals surface area contributed by atoms with Crippen molar-refractivity contribution in [2.75, 3.05) is 24.5 Å². The fraction of sp³-hybridized carbons (Fsp3) is 0.692. The van der Waals surface area contributed by atoms with Gasteiger partial charge in [0.25, 0.3) is 0 Å². The van der Waals surface area contributed by atoms with Crippen molar-refractivity contribution < 1.29 is 27.9 Å². The zero-order chi connectivity index (χ0) is 17.5. The van der Waals surface area contributed by atoms with Crippen LogP contribution in [0.3, 0.4) is 0 Å². The number of carbonyl (C=O) groups is 2. The number of hydrogen-bond donors (Lipinski definition) is 1. The average molecular weight is 364 g/mol. The fourth-order valence-electron chi connectivity index (χ4n) is 3.08. The molecule has 0 aliphatic carbocycles. The van der Waals surface area contributed by atoms with Crippen LogP contribution in [0.4, 0.5) is 18.3 Å². The van der Waals surface area contributed by atoms with Crippen molar-refractivity contribution in [3.05, 3.63) is 5.01 Å². The molecule has 24 heavy (non-hydrogen) atoms. The third-order valence-electron chi connectivity index (χ3n) is 4.34. The molecule has 0 bridgehead atoms. The van der Waals surface area contributed by atoms with Gasteiger partial charge < -0.3 is 14.9 Å². The summed E-state index contributed by atoms with van der Waals surface area (Å²) < 4.78 is 37.7. The number of carboxylic acid groups (broad SMARTS) is 1. The lowest BCUT2D eigenvalue weighted by Gasteiger charge is -2.36. The third-order valence-corrected chi connectivity index (χ3v) is 5.37. The van der Waals surface area contributed by atoms with E-state index < -0.39 is 23.1 Å². The monoisotopic (exact) mass is 364 g/mol. The topological polar surface area (TPSA) is 86.6 Å². The van der Waals surface area contributed by atoms with Crippen LogP contribution in [0.15, 0.2) is 0 Å². The van der Waals surface area contributed by atoms with E-state index in [1.54, 1.807) is 9.80 Å². The quantitative estimate of drug-likeness (QED) is 0.874. The molecule has 1 aromatic rings. The molecule has 2 aliphatic heterocycles. The summed E-state index contributed by atoms with van der Waals surface area (Å²) in [5, 5.41) is 15.0. The molecule has 0 saturated carbocycles. The summed E-state index contributed by atoms with van der Waals surface area (Å²) in [5.74, 6) is -1.82. The number of aliphatic carboxylic acids is 1. The maximum Gasteiger partial charge on any atom is 0.445 e. The van der Waals surface area contributed by atoms with Crippen LogP contribution < -0.4 is 4.90 Å². The molecule has 132 valence electrons. The second kappa shape index (κ2) is 6.19. The number of carboxylic acids is 1. The van der Waals surface area contributed by atoms with E-state index >= 15 is 0 Å². The first-order chi connectivity index (χ1) is 11.3. The molecule has 7 nitrogen and oxygen atoms in total. The molecule has 2 saturated heterocycles. The van der Waals surface area contributed by atoms with Crippen LogP contribution in [0, 0.1) is 5.92 Å². The van der Waals surface area contributed by atoms with Gasteiger partial charge in [-0.2, -0.15) is 13.2 Å². The predicted molar refractivity (Wildman–Crippen MR) is 77.6 cm³/mol. The largest absolute Gasteiger partial charge is 0.481 e. The highest BCUT2D eigenvalue weighted by Crippen LogP contribution is 2.35. The van der Waals surface area contributed by atoms with Gasteiger partial charge in [-0.05, 0) is 12.8 Å². The molecule has 3 rings (SSSR count). The molecule has 1 atom stereocenters. The number of rotatable bonds is 3. The molecular formula is C13H15F3N4O3S. The van der Waals surface area contributed by atoms with Crippen molar-refractivity contribution in [1.82, 2.24) is 15.1 Å². The van der Waals surface area contributed by atoms with Crippen molar-refractivity contribution in [1.29, 1.82) is 0 Å². The number of anilines is 1. The number of piperidine rings is 1. The highest BCUT2D eigenvalue weighted by atomic mass is 32.1. The first-order valence-corrected chi connectivity index (χ1v) is 8.25. The number of aromatic nitrogens is 2. The Kier molecular flexibility index (Phi) is 4.37. The lowest BCUT2D eigenvalue weighted by atomic mass is 10.0. The number of amides is 1. The van der Waals surface area contributed by atoms with Gasteiger partial charge in [-0.1, -0.05) is 11.3 Å². The van der Waals surface area contributed by atoms with E-state index in [2.05, 4.69) is 10.2 Å². The summed E-state index contributed by atoms with van der Waals surface area (Å²) in [7, 11) is 0. The minimum atomic E-state index is -4.50. The molecule has 0 radical (unpaired) electrons. The molecule has 2 aliphatic rings. The van der Waals surface area contributed by atoms with Crippen LogP contribution >= 0.6 is 11.3 Å². The summed E-state index contributed by atoms with van der Waals surface area (Å²) in [6.45, 7) is 1.12. The predicted octanol–water partition coefficient (Wildman–Crippen LogP) is 1.46. The normalized spacial score (nSPS) is 23.1. The SMILES string of the molecule is O=C(O)C1CC(=O)N(C2CCN(c3nnc(C(F)(F)F)s3)CC2)C1. The Morgan fingerprint density at radius 2 is 1.92 bits per heavy atom. The Bertz CT molecular complexity index is 643. The number of halogens is 3. The highest BCUT2D eigenvalue weighted by molar-refractivity contribution is 7.15. The first-order valence-electron chi connectivity index (χ1n) is 7.43. The minimum absolute atomic E-state index is 0.0148. The summed E-state index contributed by atoms with van der Waals surface area (Å²) in [4.78, 5) is 26.3. The minimum Gasteiger partial charge on any atom is -0.481 e. The standard InChI is InChI=1S/C13H15F3N4O3S/c14-13(15,16)11-17-18-12(24-11)19-3-1-8(2-4-19)20-6-7(10(22)23)5-9(20)21/h7-8H,1-6H2,(H,22,23). The molecule has 2 fully saturated rings. The van der Waals surface area contributed by atoms with E-state index in [0.29, 0.717) is 37.3 Å². The summed E-state index contributed by atoms with van der Waals surface area (Å²) >= 11 is 0.505. The van der Waals surface area contributed by atoms with Gasteiger partial charge in [-0.15, -0.1) is 10.2 Å². The second-order valence-electron chi connectivity index (χ2n) is 5.89. The second-order valence-corrected chi connectivity index (χ2v) is 6.85. The lowest BCUT2D eigenvalue weighted by Crippen LogP contribution is -2.45. The van der Waals surface area contributed by atoms with Crippen LogP contribution in [0.2, 0.25) is 0 Å². The number of carbonyl (C=O) groups excluding carboxylic acids is 1. The van der Waals surface area contributed by atoms with E-state index in [9.17, 15) is 22.8 Å². The lowest BCUT2D eigenvalue weighted by molar-refractivity contribution is -0.141. The van der Waals surface area contributed by atoms with Gasteiger partial charge in [0.1, 0.15) is 0 Å². The number of nitrogens with zero attached hydrogens (tertiary/aromatic N) is 4. The molecule has 1 aromatic heterocycles. The van der Waals surface area contributed by atoms with E-state index in [1.807, 2.05) is 0 Å². The van der Waals surface area contributed by atoms with E-state index in [0.717, 1.165) is 0 Å². The van der Waals surface area contributed by atoms with Crippen molar-refractivity contribution in [3.63, 3.8) is 0 Å². The van der Waals surface area contributed by atoms with Gasteiger partial charge in [-0.25, -0.2) is 0 Å². The first kappa shape index (κ1) is 16.9. The Morgan fingerprint density at radius 1 is 1.25 bits per heavy atom. The number of alkyl halides is 3. The van der Waals surface area contributed by atoms with Crippen LogP contribution in [-0.2, 0) is 15.8 Å². The van der Waals surface area contributed by atoms with Crippen LogP contribution in [0.1, 0.15) is 24.3 Å². The van der Waals surface area contributed by atoms with Crippen molar-refractivity contribution in [2.24, 2.45) is 5.92 Å². The summed E-state index contributed by atoms with van der Waals surface area (Å²) in [6, 6.07) is -0.0758. The van der Waals surface area contributed by atoms with Crippen LogP contribution in [-0.4, -0.2) is 57.8 Å². The smallest absolute Gasteiger partial charge is 0.445 e. The maximum atomic E-state index is 12.6. The van der Waals surface area contributed by atoms with Gasteiger partial charge in [0.2, 0.25) is 16.0 Å². The van der Waals surface area contributed by atoms with Crippen molar-refractivity contribution >= 4 is 28.3 Å². The molecule has 1 amide bonds. The average Bonchev–Trinajstić information content (AvgIpc) is 3.14. The van der Waals surface area contributed by atoms with Crippen molar-refractivity contribution in [2.45, 2.75) is 31.5 Å². The fourth-order valence-corrected chi connectivity index (χ4v) is 3.84. The molecule has 11 heteroatoms. The summed E-state index contributed by atoms with van der Waals surface area (Å²) in [5.41, 5.74) is 0. The maximum absolute atomic E-state index is 12.6.